The lowest BCUT2D eigenvalue weighted by Crippen LogP contribution is -2.62. The van der Waals surface area contributed by atoms with Crippen molar-refractivity contribution in [2.24, 2.45) is 0 Å². The molecule has 1 aliphatic heterocycles. The first kappa shape index (κ1) is 19.9. The molecule has 1 unspecified atom stereocenters. The maximum absolute atomic E-state index is 13.0. The van der Waals surface area contributed by atoms with E-state index in [0.29, 0.717) is 23.0 Å². The molecule has 1 heterocycles. The van der Waals surface area contributed by atoms with E-state index in [0.717, 1.165) is 5.56 Å². The van der Waals surface area contributed by atoms with Gasteiger partial charge in [-0.3, -0.25) is 14.5 Å². The molecule has 2 rings (SSSR count). The monoisotopic (exact) mass is 379 g/mol. The Morgan fingerprint density at radius 3 is 2.48 bits per heavy atom. The fraction of sp³-hybridized carbons (Fsp3) is 0.500. The fourth-order valence-electron chi connectivity index (χ4n) is 2.54. The topological polar surface area (TPSA) is 52.7 Å². The standard InChI is InChI=1S/C18H25N3O2S2/c1-12-6-8-13(9-7-12)15(22)19-14-16(23)21(11-10-20(4)5)17(24)25-18(14,2)3/h6-9,14H,10-11H2,1-5H3,(H,19,22). The molecule has 1 aromatic rings. The summed E-state index contributed by atoms with van der Waals surface area (Å²) in [5.41, 5.74) is 1.63. The molecule has 25 heavy (non-hydrogen) atoms. The summed E-state index contributed by atoms with van der Waals surface area (Å²) in [5, 5.41) is 2.91. The van der Waals surface area contributed by atoms with E-state index in [1.807, 2.05) is 51.9 Å². The Balaban J connectivity index is 2.18. The number of amides is 2. The zero-order valence-corrected chi connectivity index (χ0v) is 17.0. The van der Waals surface area contributed by atoms with Crippen molar-refractivity contribution in [2.45, 2.75) is 31.6 Å². The third kappa shape index (κ3) is 4.80. The summed E-state index contributed by atoms with van der Waals surface area (Å²) in [5.74, 6) is -0.386. The second-order valence-electron chi connectivity index (χ2n) is 7.04. The second kappa shape index (κ2) is 7.85. The molecule has 0 radical (unpaired) electrons. The minimum Gasteiger partial charge on any atom is -0.339 e. The third-order valence-electron chi connectivity index (χ3n) is 4.14. The number of carbonyl (C=O) groups excluding carboxylic acids is 2. The van der Waals surface area contributed by atoms with Crippen molar-refractivity contribution in [1.29, 1.82) is 0 Å². The van der Waals surface area contributed by atoms with Crippen LogP contribution in [0, 0.1) is 6.92 Å². The number of carbonyl (C=O) groups is 2. The lowest BCUT2D eigenvalue weighted by Gasteiger charge is -2.42. The van der Waals surface area contributed by atoms with Crippen LogP contribution in [0.15, 0.2) is 24.3 Å². The molecule has 0 saturated carbocycles. The molecule has 1 fully saturated rings. The SMILES string of the molecule is Cc1ccc(C(=O)NC2C(=O)N(CCN(C)C)C(=S)SC2(C)C)cc1. The summed E-state index contributed by atoms with van der Waals surface area (Å²) in [6, 6.07) is 6.69. The summed E-state index contributed by atoms with van der Waals surface area (Å²) in [7, 11) is 3.90. The zero-order chi connectivity index (χ0) is 18.8. The van der Waals surface area contributed by atoms with Crippen LogP contribution >= 0.6 is 24.0 Å². The zero-order valence-electron chi connectivity index (χ0n) is 15.3. The molecule has 136 valence electrons. The van der Waals surface area contributed by atoms with Gasteiger partial charge in [0.25, 0.3) is 11.8 Å². The highest BCUT2D eigenvalue weighted by Crippen LogP contribution is 2.36. The van der Waals surface area contributed by atoms with Crippen molar-refractivity contribution in [2.75, 3.05) is 27.2 Å². The number of likely N-dealkylation sites (N-methyl/N-ethyl adjacent to an activating group) is 1. The van der Waals surface area contributed by atoms with Crippen LogP contribution < -0.4 is 5.32 Å². The van der Waals surface area contributed by atoms with E-state index < -0.39 is 10.8 Å². The first-order chi connectivity index (χ1) is 11.6. The Morgan fingerprint density at radius 2 is 1.92 bits per heavy atom. The van der Waals surface area contributed by atoms with Gasteiger partial charge in [0.05, 0.1) is 0 Å². The van der Waals surface area contributed by atoms with E-state index in [4.69, 9.17) is 12.2 Å². The lowest BCUT2D eigenvalue weighted by molar-refractivity contribution is -0.130. The maximum Gasteiger partial charge on any atom is 0.252 e. The van der Waals surface area contributed by atoms with Crippen molar-refractivity contribution in [3.05, 3.63) is 35.4 Å². The smallest absolute Gasteiger partial charge is 0.252 e. The summed E-state index contributed by atoms with van der Waals surface area (Å²) in [6.07, 6.45) is 0. The number of nitrogens with zero attached hydrogens (tertiary/aromatic N) is 2. The van der Waals surface area contributed by atoms with Crippen LogP contribution in [-0.2, 0) is 4.79 Å². The van der Waals surface area contributed by atoms with Crippen LogP contribution in [0.4, 0.5) is 0 Å². The quantitative estimate of drug-likeness (QED) is 0.796. The number of benzene rings is 1. The summed E-state index contributed by atoms with van der Waals surface area (Å²) < 4.78 is 0.0704. The van der Waals surface area contributed by atoms with Crippen molar-refractivity contribution < 1.29 is 9.59 Å². The molecular weight excluding hydrogens is 354 g/mol. The van der Waals surface area contributed by atoms with Crippen molar-refractivity contribution >= 4 is 40.1 Å². The molecule has 0 bridgehead atoms. The molecule has 5 nitrogen and oxygen atoms in total. The number of hydrogen-bond acceptors (Lipinski definition) is 5. The second-order valence-corrected chi connectivity index (χ2v) is 9.33. The lowest BCUT2D eigenvalue weighted by atomic mass is 10.0. The Bertz CT molecular complexity index is 671. The van der Waals surface area contributed by atoms with E-state index in [1.165, 1.54) is 11.8 Å². The van der Waals surface area contributed by atoms with Gasteiger partial charge in [0.15, 0.2) is 0 Å². The van der Waals surface area contributed by atoms with E-state index in [1.54, 1.807) is 17.0 Å². The van der Waals surface area contributed by atoms with Crippen molar-refractivity contribution in [3.63, 3.8) is 0 Å². The predicted octanol–water partition coefficient (Wildman–Crippen LogP) is 2.29. The van der Waals surface area contributed by atoms with Gasteiger partial charge in [0.2, 0.25) is 0 Å². The minimum absolute atomic E-state index is 0.143. The van der Waals surface area contributed by atoms with Crippen LogP contribution in [-0.4, -0.2) is 63.9 Å². The first-order valence-corrected chi connectivity index (χ1v) is 9.41. The Morgan fingerprint density at radius 1 is 1.32 bits per heavy atom. The molecule has 1 aliphatic rings. The van der Waals surface area contributed by atoms with Gasteiger partial charge in [-0.15, -0.1) is 0 Å². The molecule has 0 aromatic heterocycles. The van der Waals surface area contributed by atoms with Gasteiger partial charge in [-0.05, 0) is 47.0 Å². The largest absolute Gasteiger partial charge is 0.339 e. The van der Waals surface area contributed by atoms with Crippen LogP contribution in [0.2, 0.25) is 0 Å². The molecule has 0 aliphatic carbocycles. The number of aryl methyl sites for hydroxylation is 1. The number of thiocarbonyl (C=S) groups is 1. The minimum atomic E-state index is -0.625. The number of nitrogens with one attached hydrogen (secondary N) is 1. The highest BCUT2D eigenvalue weighted by molar-refractivity contribution is 8.24. The van der Waals surface area contributed by atoms with Gasteiger partial charge in [-0.25, -0.2) is 0 Å². The van der Waals surface area contributed by atoms with Crippen molar-refractivity contribution in [3.8, 4) is 0 Å². The summed E-state index contributed by atoms with van der Waals surface area (Å²) in [6.45, 7) is 7.07. The first-order valence-electron chi connectivity index (χ1n) is 8.18. The van der Waals surface area contributed by atoms with Gasteiger partial charge >= 0.3 is 0 Å². The van der Waals surface area contributed by atoms with Crippen molar-refractivity contribution in [1.82, 2.24) is 15.1 Å². The van der Waals surface area contributed by atoms with Gasteiger partial charge in [0, 0.05) is 23.4 Å². The van der Waals surface area contributed by atoms with Crippen LogP contribution in [0.5, 0.6) is 0 Å². The highest BCUT2D eigenvalue weighted by Gasteiger charge is 2.46. The maximum atomic E-state index is 13.0. The summed E-state index contributed by atoms with van der Waals surface area (Å²) >= 11 is 6.87. The number of rotatable bonds is 5. The molecule has 1 atom stereocenters. The van der Waals surface area contributed by atoms with E-state index >= 15 is 0 Å². The average molecular weight is 380 g/mol. The van der Waals surface area contributed by atoms with E-state index in [2.05, 4.69) is 5.32 Å². The van der Waals surface area contributed by atoms with Gasteiger partial charge < -0.3 is 10.2 Å². The predicted molar refractivity (Wildman–Crippen MR) is 107 cm³/mol. The normalized spacial score (nSPS) is 20.1. The molecule has 2 amide bonds. The molecule has 1 saturated heterocycles. The Kier molecular flexibility index (Phi) is 6.24. The van der Waals surface area contributed by atoms with E-state index in [9.17, 15) is 9.59 Å². The molecule has 1 N–H and O–H groups in total. The Hall–Kier alpha value is -1.44. The number of thioether (sulfide) groups is 1. The fourth-order valence-corrected chi connectivity index (χ4v) is 4.38. The van der Waals surface area contributed by atoms with Crippen LogP contribution in [0.1, 0.15) is 29.8 Å². The summed E-state index contributed by atoms with van der Waals surface area (Å²) in [4.78, 5) is 29.2. The van der Waals surface area contributed by atoms with Gasteiger partial charge in [-0.2, -0.15) is 0 Å². The molecule has 0 spiro atoms. The van der Waals surface area contributed by atoms with E-state index in [-0.39, 0.29) is 11.8 Å². The number of hydrogen-bond donors (Lipinski definition) is 1. The van der Waals surface area contributed by atoms with Gasteiger partial charge in [-0.1, -0.05) is 41.7 Å². The molecular formula is C18H25N3O2S2. The van der Waals surface area contributed by atoms with Crippen LogP contribution in [0.25, 0.3) is 0 Å². The Labute approximate surface area is 159 Å². The highest BCUT2D eigenvalue weighted by atomic mass is 32.2. The van der Waals surface area contributed by atoms with Gasteiger partial charge in [0.1, 0.15) is 10.4 Å². The molecule has 7 heteroatoms. The van der Waals surface area contributed by atoms with Crippen LogP contribution in [0.3, 0.4) is 0 Å². The third-order valence-corrected chi connectivity index (χ3v) is 5.77. The average Bonchev–Trinajstić information content (AvgIpc) is 2.50. The molecule has 1 aromatic carbocycles.